The number of imide groups is 1. The lowest BCUT2D eigenvalue weighted by Gasteiger charge is -2.29. The van der Waals surface area contributed by atoms with Gasteiger partial charge in [-0.2, -0.15) is 5.10 Å². The molecular formula is C28H27N7O3. The molecule has 0 spiro atoms. The smallest absolute Gasteiger partial charge is 0.255 e. The third-order valence-corrected chi connectivity index (χ3v) is 7.95. The first kappa shape index (κ1) is 22.9. The number of benzene rings is 1. The average molecular weight is 510 g/mol. The van der Waals surface area contributed by atoms with Crippen LogP contribution < -0.4 is 5.32 Å². The minimum atomic E-state index is -0.624. The van der Waals surface area contributed by atoms with Crippen molar-refractivity contribution < 1.29 is 14.4 Å². The number of pyridine rings is 1. The van der Waals surface area contributed by atoms with Crippen molar-refractivity contribution in [1.29, 1.82) is 0 Å². The number of amides is 3. The van der Waals surface area contributed by atoms with Crippen LogP contribution in [0, 0.1) is 0 Å². The predicted octanol–water partition coefficient (Wildman–Crippen LogP) is 2.21. The highest BCUT2D eigenvalue weighted by Crippen LogP contribution is 2.33. The Morgan fingerprint density at radius 2 is 1.95 bits per heavy atom. The van der Waals surface area contributed by atoms with Crippen molar-refractivity contribution in [1.82, 2.24) is 34.4 Å². The normalized spacial score (nSPS) is 19.7. The molecule has 1 fully saturated rings. The molecule has 10 nitrogen and oxygen atoms in total. The van der Waals surface area contributed by atoms with Gasteiger partial charge in [0.1, 0.15) is 11.7 Å². The molecule has 192 valence electrons. The molecule has 0 saturated carbocycles. The van der Waals surface area contributed by atoms with Crippen LogP contribution in [0.4, 0.5) is 0 Å². The number of fused-ring (bicyclic) bond motifs is 3. The summed E-state index contributed by atoms with van der Waals surface area (Å²) in [4.78, 5) is 46.1. The van der Waals surface area contributed by atoms with Gasteiger partial charge in [0.2, 0.25) is 11.8 Å². The third-order valence-electron chi connectivity index (χ3n) is 7.95. The van der Waals surface area contributed by atoms with E-state index in [-0.39, 0.29) is 18.2 Å². The predicted molar refractivity (Wildman–Crippen MR) is 139 cm³/mol. The first-order chi connectivity index (χ1) is 18.4. The second-order valence-corrected chi connectivity index (χ2v) is 10.4. The molecule has 3 aliphatic heterocycles. The molecule has 1 saturated heterocycles. The van der Waals surface area contributed by atoms with Gasteiger partial charge < -0.3 is 9.47 Å². The van der Waals surface area contributed by atoms with Gasteiger partial charge in [-0.15, -0.1) is 0 Å². The molecule has 0 radical (unpaired) electrons. The summed E-state index contributed by atoms with van der Waals surface area (Å²) in [5.41, 5.74) is 6.61. The summed E-state index contributed by atoms with van der Waals surface area (Å²) in [7, 11) is 2.00. The van der Waals surface area contributed by atoms with Crippen LogP contribution in [0.5, 0.6) is 0 Å². The molecule has 10 heteroatoms. The monoisotopic (exact) mass is 509 g/mol. The highest BCUT2D eigenvalue weighted by atomic mass is 16.2. The first-order valence-electron chi connectivity index (χ1n) is 12.9. The van der Waals surface area contributed by atoms with Crippen LogP contribution in [-0.2, 0) is 42.8 Å². The molecule has 3 aliphatic rings. The maximum atomic E-state index is 13.1. The number of aromatic nitrogens is 4. The summed E-state index contributed by atoms with van der Waals surface area (Å²) in [5.74, 6) is -0.855. The number of piperidine rings is 1. The standard InChI is InChI=1S/C28H27N7O3/c1-32-9-7-21-19(14-33-10-11-35-20(16-33)6-8-29-35)13-23(30-26(21)32)17-2-3-22-18(12-17)15-34(28(22)38)24-4-5-25(36)31-27(24)37/h2-3,6-9,12-13,24H,4-5,10-11,14-16H2,1H3,(H,31,36,37). The van der Waals surface area contributed by atoms with Gasteiger partial charge in [0, 0.05) is 68.6 Å². The van der Waals surface area contributed by atoms with Crippen LogP contribution >= 0.6 is 0 Å². The van der Waals surface area contributed by atoms with Gasteiger partial charge in [0.05, 0.1) is 17.9 Å². The number of carbonyl (C=O) groups is 3. The van der Waals surface area contributed by atoms with Gasteiger partial charge >= 0.3 is 0 Å². The molecule has 1 unspecified atom stereocenters. The second kappa shape index (κ2) is 8.63. The van der Waals surface area contributed by atoms with E-state index < -0.39 is 11.9 Å². The lowest BCUT2D eigenvalue weighted by atomic mass is 10.0. The molecule has 38 heavy (non-hydrogen) atoms. The summed E-state index contributed by atoms with van der Waals surface area (Å²) >= 11 is 0. The Morgan fingerprint density at radius 3 is 2.82 bits per heavy atom. The van der Waals surface area contributed by atoms with Gasteiger partial charge in [-0.25, -0.2) is 4.98 Å². The zero-order valence-electron chi connectivity index (χ0n) is 21.1. The summed E-state index contributed by atoms with van der Waals surface area (Å²) in [5, 5.41) is 7.89. The van der Waals surface area contributed by atoms with Crippen LogP contribution in [0.2, 0.25) is 0 Å². The van der Waals surface area contributed by atoms with E-state index in [1.807, 2.05) is 42.2 Å². The van der Waals surface area contributed by atoms with E-state index in [0.29, 0.717) is 18.5 Å². The lowest BCUT2D eigenvalue weighted by molar-refractivity contribution is -0.136. The molecule has 4 aromatic rings. The SMILES string of the molecule is Cn1ccc2c(CN3CCn4nccc4C3)cc(-c3ccc4c(c3)CN(C3CCC(=O)NC3=O)C4=O)nc21. The number of carbonyl (C=O) groups excluding carboxylic acids is 3. The molecule has 1 aromatic carbocycles. The first-order valence-corrected chi connectivity index (χ1v) is 12.9. The Bertz CT molecular complexity index is 1630. The summed E-state index contributed by atoms with van der Waals surface area (Å²) < 4.78 is 4.10. The fraction of sp³-hybridized carbons (Fsp3) is 0.321. The van der Waals surface area contributed by atoms with Gasteiger partial charge in [0.25, 0.3) is 5.91 Å². The number of hydrogen-bond donors (Lipinski definition) is 1. The Hall–Kier alpha value is -4.31. The van der Waals surface area contributed by atoms with Gasteiger partial charge in [0.15, 0.2) is 0 Å². The highest BCUT2D eigenvalue weighted by molar-refractivity contribution is 6.05. The summed E-state index contributed by atoms with van der Waals surface area (Å²) in [6.07, 6.45) is 4.49. The molecule has 0 bridgehead atoms. The minimum Gasteiger partial charge on any atom is -0.336 e. The van der Waals surface area contributed by atoms with Crippen molar-refractivity contribution in [2.45, 2.75) is 45.1 Å². The zero-order valence-corrected chi connectivity index (χ0v) is 21.1. The molecule has 7 rings (SSSR count). The van der Waals surface area contributed by atoms with Gasteiger partial charge in [-0.3, -0.25) is 29.3 Å². The summed E-state index contributed by atoms with van der Waals surface area (Å²) in [6, 6.07) is 11.5. The largest absolute Gasteiger partial charge is 0.336 e. The number of hydrogen-bond acceptors (Lipinski definition) is 6. The van der Waals surface area contributed by atoms with Crippen LogP contribution in [0.25, 0.3) is 22.3 Å². The van der Waals surface area contributed by atoms with Gasteiger partial charge in [-0.05, 0) is 47.9 Å². The Morgan fingerprint density at radius 1 is 1.05 bits per heavy atom. The number of rotatable bonds is 4. The van der Waals surface area contributed by atoms with E-state index in [4.69, 9.17) is 4.98 Å². The Labute approximate surface area is 218 Å². The van der Waals surface area contributed by atoms with Crippen molar-refractivity contribution >= 4 is 28.8 Å². The fourth-order valence-corrected chi connectivity index (χ4v) is 5.93. The number of nitrogens with one attached hydrogen (secondary N) is 1. The van der Waals surface area contributed by atoms with E-state index in [9.17, 15) is 14.4 Å². The van der Waals surface area contributed by atoms with Crippen LogP contribution in [-0.4, -0.2) is 59.4 Å². The molecule has 1 N–H and O–H groups in total. The topological polar surface area (TPSA) is 105 Å². The molecule has 3 aromatic heterocycles. The molecule has 0 aliphatic carbocycles. The maximum Gasteiger partial charge on any atom is 0.255 e. The van der Waals surface area contributed by atoms with Crippen LogP contribution in [0.3, 0.4) is 0 Å². The highest BCUT2D eigenvalue weighted by Gasteiger charge is 2.39. The molecule has 1 atom stereocenters. The molecule has 6 heterocycles. The fourth-order valence-electron chi connectivity index (χ4n) is 5.93. The number of nitrogens with zero attached hydrogens (tertiary/aromatic N) is 6. The van der Waals surface area contributed by atoms with Crippen molar-refractivity contribution in [3.63, 3.8) is 0 Å². The van der Waals surface area contributed by atoms with Crippen molar-refractivity contribution in [3.05, 3.63) is 71.2 Å². The van der Waals surface area contributed by atoms with E-state index in [1.165, 1.54) is 11.3 Å². The van der Waals surface area contributed by atoms with Crippen LogP contribution in [0.1, 0.15) is 40.0 Å². The average Bonchev–Trinajstić information content (AvgIpc) is 3.61. The lowest BCUT2D eigenvalue weighted by Crippen LogP contribution is -2.52. The van der Waals surface area contributed by atoms with E-state index >= 15 is 0 Å². The van der Waals surface area contributed by atoms with Crippen LogP contribution in [0.15, 0.2) is 48.8 Å². The molecule has 3 amide bonds. The second-order valence-electron chi connectivity index (χ2n) is 10.4. The quantitative estimate of drug-likeness (QED) is 0.423. The summed E-state index contributed by atoms with van der Waals surface area (Å²) in [6.45, 7) is 3.80. The van der Waals surface area contributed by atoms with Gasteiger partial charge in [-0.1, -0.05) is 6.07 Å². The van der Waals surface area contributed by atoms with Crippen molar-refractivity contribution in [2.75, 3.05) is 6.54 Å². The van der Waals surface area contributed by atoms with E-state index in [2.05, 4.69) is 38.2 Å². The minimum absolute atomic E-state index is 0.170. The van der Waals surface area contributed by atoms with Crippen molar-refractivity contribution in [2.24, 2.45) is 7.05 Å². The maximum absolute atomic E-state index is 13.1. The molecular weight excluding hydrogens is 482 g/mol. The Balaban J connectivity index is 1.20. The van der Waals surface area contributed by atoms with E-state index in [0.717, 1.165) is 54.0 Å². The number of aryl methyl sites for hydroxylation is 1. The Kier molecular flexibility index (Phi) is 5.19. The third kappa shape index (κ3) is 3.71. The zero-order chi connectivity index (χ0) is 26.0. The van der Waals surface area contributed by atoms with Crippen molar-refractivity contribution in [3.8, 4) is 11.3 Å². The van der Waals surface area contributed by atoms with E-state index in [1.54, 1.807) is 4.90 Å².